The van der Waals surface area contributed by atoms with E-state index in [9.17, 15) is 14.0 Å². The number of halogens is 2. The zero-order valence-corrected chi connectivity index (χ0v) is 17.2. The van der Waals surface area contributed by atoms with Crippen molar-refractivity contribution < 1.29 is 18.7 Å². The van der Waals surface area contributed by atoms with E-state index in [-0.39, 0.29) is 36.1 Å². The molecule has 1 heterocycles. The average Bonchev–Trinajstić information content (AvgIpc) is 2.64. The van der Waals surface area contributed by atoms with E-state index in [0.29, 0.717) is 44.1 Å². The van der Waals surface area contributed by atoms with E-state index in [1.165, 1.54) is 18.2 Å². The lowest BCUT2D eigenvalue weighted by Crippen LogP contribution is -2.43. The SMILES string of the molecule is CC(C)OCCCNC(=O)C1CCN(CC(=O)Nc2cc(Cl)ccc2F)CC1. The summed E-state index contributed by atoms with van der Waals surface area (Å²) in [5, 5.41) is 5.86. The van der Waals surface area contributed by atoms with Gasteiger partial charge in [0.2, 0.25) is 11.8 Å². The number of hydrogen-bond donors (Lipinski definition) is 2. The Hall–Kier alpha value is -1.70. The molecule has 2 rings (SSSR count). The summed E-state index contributed by atoms with van der Waals surface area (Å²) in [4.78, 5) is 26.4. The Morgan fingerprint density at radius 3 is 2.71 bits per heavy atom. The summed E-state index contributed by atoms with van der Waals surface area (Å²) in [6.45, 7) is 6.68. The van der Waals surface area contributed by atoms with Gasteiger partial charge in [-0.05, 0) is 64.4 Å². The van der Waals surface area contributed by atoms with Crippen molar-refractivity contribution >= 4 is 29.1 Å². The van der Waals surface area contributed by atoms with Crippen LogP contribution in [0.5, 0.6) is 0 Å². The first-order valence-electron chi connectivity index (χ1n) is 9.71. The molecule has 0 unspecified atom stereocenters. The van der Waals surface area contributed by atoms with Crippen molar-refractivity contribution in [3.8, 4) is 0 Å². The minimum Gasteiger partial charge on any atom is -0.379 e. The zero-order valence-electron chi connectivity index (χ0n) is 16.5. The lowest BCUT2D eigenvalue weighted by molar-refractivity contribution is -0.126. The van der Waals surface area contributed by atoms with E-state index in [4.69, 9.17) is 16.3 Å². The van der Waals surface area contributed by atoms with Gasteiger partial charge in [-0.25, -0.2) is 4.39 Å². The number of hydrogen-bond acceptors (Lipinski definition) is 4. The number of anilines is 1. The lowest BCUT2D eigenvalue weighted by atomic mass is 9.96. The molecule has 0 radical (unpaired) electrons. The van der Waals surface area contributed by atoms with Gasteiger partial charge in [-0.1, -0.05) is 11.6 Å². The molecule has 2 N–H and O–H groups in total. The number of rotatable bonds is 9. The summed E-state index contributed by atoms with van der Waals surface area (Å²) < 4.78 is 19.1. The molecule has 1 aromatic carbocycles. The predicted molar refractivity (Wildman–Crippen MR) is 108 cm³/mol. The maximum Gasteiger partial charge on any atom is 0.238 e. The van der Waals surface area contributed by atoms with Crippen molar-refractivity contribution in [2.45, 2.75) is 39.2 Å². The second-order valence-corrected chi connectivity index (χ2v) is 7.72. The van der Waals surface area contributed by atoms with Gasteiger partial charge in [0.05, 0.1) is 18.3 Å². The molecule has 1 saturated heterocycles. The third-order valence-corrected chi connectivity index (χ3v) is 4.83. The van der Waals surface area contributed by atoms with Crippen molar-refractivity contribution in [1.29, 1.82) is 0 Å². The van der Waals surface area contributed by atoms with E-state index >= 15 is 0 Å². The number of nitrogens with one attached hydrogen (secondary N) is 2. The highest BCUT2D eigenvalue weighted by atomic mass is 35.5. The van der Waals surface area contributed by atoms with E-state index in [1.54, 1.807) is 0 Å². The lowest BCUT2D eigenvalue weighted by Gasteiger charge is -2.30. The molecule has 6 nitrogen and oxygen atoms in total. The molecule has 0 spiro atoms. The van der Waals surface area contributed by atoms with Crippen LogP contribution in [0.3, 0.4) is 0 Å². The number of carbonyl (C=O) groups is 2. The van der Waals surface area contributed by atoms with Crippen molar-refractivity contribution in [1.82, 2.24) is 10.2 Å². The first kappa shape index (κ1) is 22.6. The van der Waals surface area contributed by atoms with Crippen molar-refractivity contribution in [3.05, 3.63) is 29.0 Å². The van der Waals surface area contributed by atoms with E-state index in [2.05, 4.69) is 10.6 Å². The van der Waals surface area contributed by atoms with E-state index in [1.807, 2.05) is 18.7 Å². The molecule has 0 aromatic heterocycles. The minimum absolute atomic E-state index is 0.0318. The Kier molecular flexibility index (Phi) is 9.15. The summed E-state index contributed by atoms with van der Waals surface area (Å²) in [5.74, 6) is -0.786. The van der Waals surface area contributed by atoms with Crippen LogP contribution in [-0.4, -0.2) is 55.6 Å². The Labute approximate surface area is 170 Å². The number of carbonyl (C=O) groups excluding carboxylic acids is 2. The summed E-state index contributed by atoms with van der Waals surface area (Å²) in [6, 6.07) is 4.04. The second kappa shape index (κ2) is 11.3. The standard InChI is InChI=1S/C20H29ClFN3O3/c1-14(2)28-11-3-8-23-20(27)15-6-9-25(10-7-15)13-19(26)24-18-12-16(21)4-5-17(18)22/h4-5,12,14-15H,3,6-11,13H2,1-2H3,(H,23,27)(H,24,26). The fourth-order valence-corrected chi connectivity index (χ4v) is 3.26. The average molecular weight is 414 g/mol. The topological polar surface area (TPSA) is 70.7 Å². The van der Waals surface area contributed by atoms with Gasteiger partial charge in [0.25, 0.3) is 0 Å². The van der Waals surface area contributed by atoms with E-state index < -0.39 is 5.82 Å². The zero-order chi connectivity index (χ0) is 20.5. The Bertz CT molecular complexity index is 664. The quantitative estimate of drug-likeness (QED) is 0.610. The van der Waals surface area contributed by atoms with Gasteiger partial charge in [0.15, 0.2) is 0 Å². The molecule has 0 saturated carbocycles. The van der Waals surface area contributed by atoms with Crippen molar-refractivity contribution in [3.63, 3.8) is 0 Å². The van der Waals surface area contributed by atoms with Crippen LogP contribution in [0.1, 0.15) is 33.1 Å². The summed E-state index contributed by atoms with van der Waals surface area (Å²) >= 11 is 5.83. The van der Waals surface area contributed by atoms with Crippen LogP contribution < -0.4 is 10.6 Å². The highest BCUT2D eigenvalue weighted by Crippen LogP contribution is 2.20. The number of ether oxygens (including phenoxy) is 1. The van der Waals surface area contributed by atoms with Crippen molar-refractivity contribution in [2.24, 2.45) is 5.92 Å². The first-order valence-corrected chi connectivity index (χ1v) is 10.1. The van der Waals surface area contributed by atoms with Crippen LogP contribution in [0.2, 0.25) is 5.02 Å². The molecule has 0 aliphatic carbocycles. The Morgan fingerprint density at radius 1 is 1.32 bits per heavy atom. The molecule has 1 aromatic rings. The van der Waals surface area contributed by atoms with Crippen LogP contribution in [-0.2, 0) is 14.3 Å². The Morgan fingerprint density at radius 2 is 2.04 bits per heavy atom. The van der Waals surface area contributed by atoms with E-state index in [0.717, 1.165) is 6.42 Å². The molecule has 0 atom stereocenters. The predicted octanol–water partition coefficient (Wildman–Crippen LogP) is 3.06. The van der Waals surface area contributed by atoms with Crippen LogP contribution in [0.25, 0.3) is 0 Å². The monoisotopic (exact) mass is 413 g/mol. The van der Waals surface area contributed by atoms with Gasteiger partial charge in [-0.2, -0.15) is 0 Å². The van der Waals surface area contributed by atoms with Crippen LogP contribution in [0.15, 0.2) is 18.2 Å². The fraction of sp³-hybridized carbons (Fsp3) is 0.600. The summed E-state index contributed by atoms with van der Waals surface area (Å²) in [5.41, 5.74) is 0.0770. The molecule has 28 heavy (non-hydrogen) atoms. The largest absolute Gasteiger partial charge is 0.379 e. The van der Waals surface area contributed by atoms with Gasteiger partial charge >= 0.3 is 0 Å². The number of likely N-dealkylation sites (tertiary alicyclic amines) is 1. The van der Waals surface area contributed by atoms with Gasteiger partial charge in [-0.3, -0.25) is 14.5 Å². The molecule has 1 aliphatic rings. The summed E-state index contributed by atoms with van der Waals surface area (Å²) in [6.07, 6.45) is 2.40. The first-order chi connectivity index (χ1) is 13.3. The molecular formula is C20H29ClFN3O3. The maximum absolute atomic E-state index is 13.7. The second-order valence-electron chi connectivity index (χ2n) is 7.29. The summed E-state index contributed by atoms with van der Waals surface area (Å²) in [7, 11) is 0. The third-order valence-electron chi connectivity index (χ3n) is 4.60. The van der Waals surface area contributed by atoms with Crippen LogP contribution in [0.4, 0.5) is 10.1 Å². The maximum atomic E-state index is 13.7. The van der Waals surface area contributed by atoms with Gasteiger partial charge < -0.3 is 15.4 Å². The molecule has 1 fully saturated rings. The van der Waals surface area contributed by atoms with Crippen molar-refractivity contribution in [2.75, 3.05) is 38.1 Å². The molecule has 0 bridgehead atoms. The van der Waals surface area contributed by atoms with Crippen LogP contribution >= 0.6 is 11.6 Å². The Balaban J connectivity index is 1.66. The number of nitrogens with zero attached hydrogens (tertiary/aromatic N) is 1. The molecule has 8 heteroatoms. The molecular weight excluding hydrogens is 385 g/mol. The third kappa shape index (κ3) is 7.73. The van der Waals surface area contributed by atoms with Gasteiger partial charge in [0.1, 0.15) is 5.82 Å². The normalized spacial score (nSPS) is 15.6. The highest BCUT2D eigenvalue weighted by Gasteiger charge is 2.25. The molecule has 1 aliphatic heterocycles. The molecule has 2 amide bonds. The smallest absolute Gasteiger partial charge is 0.238 e. The van der Waals surface area contributed by atoms with Gasteiger partial charge in [-0.15, -0.1) is 0 Å². The molecule has 156 valence electrons. The minimum atomic E-state index is -0.521. The fourth-order valence-electron chi connectivity index (χ4n) is 3.09. The van der Waals surface area contributed by atoms with Crippen LogP contribution in [0, 0.1) is 11.7 Å². The number of piperidine rings is 1. The highest BCUT2D eigenvalue weighted by molar-refractivity contribution is 6.30. The van der Waals surface area contributed by atoms with Gasteiger partial charge in [0, 0.05) is 24.1 Å². The number of amides is 2. The number of benzene rings is 1.